The lowest BCUT2D eigenvalue weighted by Crippen LogP contribution is -2.28. The fourth-order valence-corrected chi connectivity index (χ4v) is 3.81. The van der Waals surface area contributed by atoms with Crippen molar-refractivity contribution in [2.75, 3.05) is 11.9 Å². The van der Waals surface area contributed by atoms with Gasteiger partial charge in [-0.1, -0.05) is 6.42 Å². The Kier molecular flexibility index (Phi) is 4.52. The molecule has 3 aromatic rings. The van der Waals surface area contributed by atoms with E-state index >= 15 is 0 Å². The summed E-state index contributed by atoms with van der Waals surface area (Å²) in [6.45, 7) is 0.780. The van der Waals surface area contributed by atoms with Crippen LogP contribution in [-0.2, 0) is 9.53 Å². The second kappa shape index (κ2) is 7.31. The highest BCUT2D eigenvalue weighted by Crippen LogP contribution is 2.30. The van der Waals surface area contributed by atoms with Crippen LogP contribution in [-0.4, -0.2) is 32.3 Å². The number of aromatic nitrogens is 4. The Balaban J connectivity index is 1.40. The number of carbonyl (C=O) groups excluding carboxylic acids is 1. The van der Waals surface area contributed by atoms with Gasteiger partial charge in [-0.05, 0) is 44.2 Å². The standard InChI is InChI=1S/C21H23N5O2/c27-21(14-4-3-5-14)25-17-8-15(10-22-12-17)18-9-16-11-24-26(19(16)13-23-18)20-6-1-2-7-28-20/h8-14,20H,1-7H2,(H,25,27). The minimum Gasteiger partial charge on any atom is -0.356 e. The summed E-state index contributed by atoms with van der Waals surface area (Å²) in [4.78, 5) is 21.1. The van der Waals surface area contributed by atoms with Gasteiger partial charge in [0.1, 0.15) is 0 Å². The van der Waals surface area contributed by atoms with E-state index in [9.17, 15) is 4.79 Å². The highest BCUT2D eigenvalue weighted by Gasteiger charge is 2.25. The number of anilines is 1. The van der Waals surface area contributed by atoms with E-state index in [-0.39, 0.29) is 18.1 Å². The van der Waals surface area contributed by atoms with E-state index in [2.05, 4.69) is 20.4 Å². The average Bonchev–Trinajstić information content (AvgIpc) is 3.10. The first-order chi connectivity index (χ1) is 13.8. The zero-order valence-electron chi connectivity index (χ0n) is 15.7. The van der Waals surface area contributed by atoms with E-state index in [4.69, 9.17) is 4.74 Å². The van der Waals surface area contributed by atoms with Crippen molar-refractivity contribution in [3.63, 3.8) is 0 Å². The lowest BCUT2D eigenvalue weighted by Gasteiger charge is -2.24. The van der Waals surface area contributed by atoms with Gasteiger partial charge in [0.05, 0.1) is 35.5 Å². The summed E-state index contributed by atoms with van der Waals surface area (Å²) in [6.07, 6.45) is 13.5. The molecule has 7 nitrogen and oxygen atoms in total. The quantitative estimate of drug-likeness (QED) is 0.745. The van der Waals surface area contributed by atoms with Crippen molar-refractivity contribution in [3.05, 3.63) is 36.9 Å². The van der Waals surface area contributed by atoms with Crippen molar-refractivity contribution < 1.29 is 9.53 Å². The summed E-state index contributed by atoms with van der Waals surface area (Å²) in [7, 11) is 0. The van der Waals surface area contributed by atoms with Crippen LogP contribution < -0.4 is 5.32 Å². The molecule has 2 fully saturated rings. The number of hydrogen-bond donors (Lipinski definition) is 1. The average molecular weight is 377 g/mol. The molecular weight excluding hydrogens is 354 g/mol. The summed E-state index contributed by atoms with van der Waals surface area (Å²) in [6, 6.07) is 3.93. The monoisotopic (exact) mass is 377 g/mol. The van der Waals surface area contributed by atoms with E-state index in [1.807, 2.05) is 29.2 Å². The number of amides is 1. The van der Waals surface area contributed by atoms with Crippen molar-refractivity contribution in [3.8, 4) is 11.3 Å². The van der Waals surface area contributed by atoms with Crippen molar-refractivity contribution in [2.45, 2.75) is 44.8 Å². The van der Waals surface area contributed by atoms with Gasteiger partial charge in [0.2, 0.25) is 5.91 Å². The molecule has 1 amide bonds. The molecule has 28 heavy (non-hydrogen) atoms. The number of nitrogens with zero attached hydrogens (tertiary/aromatic N) is 4. The van der Waals surface area contributed by atoms with E-state index in [0.717, 1.165) is 67.3 Å². The van der Waals surface area contributed by atoms with Crippen LogP contribution in [0.5, 0.6) is 0 Å². The number of carbonyl (C=O) groups is 1. The molecule has 3 aromatic heterocycles. The Labute approximate surface area is 163 Å². The second-order valence-corrected chi connectivity index (χ2v) is 7.62. The highest BCUT2D eigenvalue weighted by molar-refractivity contribution is 5.93. The smallest absolute Gasteiger partial charge is 0.227 e. The van der Waals surface area contributed by atoms with Crippen molar-refractivity contribution in [1.82, 2.24) is 19.7 Å². The first-order valence-electron chi connectivity index (χ1n) is 9.99. The topological polar surface area (TPSA) is 81.9 Å². The summed E-state index contributed by atoms with van der Waals surface area (Å²) in [5.74, 6) is 0.230. The Morgan fingerprint density at radius 1 is 1.07 bits per heavy atom. The first-order valence-corrected chi connectivity index (χ1v) is 9.99. The lowest BCUT2D eigenvalue weighted by atomic mass is 9.85. The summed E-state index contributed by atoms with van der Waals surface area (Å²) in [5.41, 5.74) is 3.36. The molecule has 1 atom stereocenters. The Hall–Kier alpha value is -2.80. The molecule has 7 heteroatoms. The number of pyridine rings is 2. The van der Waals surface area contributed by atoms with Gasteiger partial charge in [0.25, 0.3) is 0 Å². The molecule has 0 aromatic carbocycles. The molecule has 1 unspecified atom stereocenters. The van der Waals surface area contributed by atoms with E-state index in [0.29, 0.717) is 5.69 Å². The maximum absolute atomic E-state index is 12.2. The van der Waals surface area contributed by atoms with Gasteiger partial charge >= 0.3 is 0 Å². The third kappa shape index (κ3) is 3.26. The molecule has 1 aliphatic carbocycles. The number of nitrogens with one attached hydrogen (secondary N) is 1. The van der Waals surface area contributed by atoms with Gasteiger partial charge in [-0.15, -0.1) is 0 Å². The minimum absolute atomic E-state index is 0.00869. The number of hydrogen-bond acceptors (Lipinski definition) is 5. The van der Waals surface area contributed by atoms with Crippen molar-refractivity contribution >= 4 is 22.5 Å². The molecule has 4 heterocycles. The molecule has 0 spiro atoms. The van der Waals surface area contributed by atoms with Crippen LogP contribution in [0.2, 0.25) is 0 Å². The number of ether oxygens (including phenoxy) is 1. The van der Waals surface area contributed by atoms with Gasteiger partial charge < -0.3 is 10.1 Å². The fraction of sp³-hybridized carbons (Fsp3) is 0.429. The van der Waals surface area contributed by atoms with Crippen LogP contribution >= 0.6 is 0 Å². The van der Waals surface area contributed by atoms with Crippen LogP contribution in [0.4, 0.5) is 5.69 Å². The van der Waals surface area contributed by atoms with Gasteiger partial charge in [-0.2, -0.15) is 5.10 Å². The molecule has 1 aliphatic heterocycles. The largest absolute Gasteiger partial charge is 0.356 e. The van der Waals surface area contributed by atoms with Gasteiger partial charge in [0, 0.05) is 29.7 Å². The van der Waals surface area contributed by atoms with Gasteiger partial charge in [-0.3, -0.25) is 14.8 Å². The van der Waals surface area contributed by atoms with Crippen LogP contribution in [0.25, 0.3) is 22.2 Å². The van der Waals surface area contributed by atoms with E-state index in [1.54, 1.807) is 12.4 Å². The second-order valence-electron chi connectivity index (χ2n) is 7.62. The molecule has 0 bridgehead atoms. The maximum atomic E-state index is 12.2. The Morgan fingerprint density at radius 2 is 2.00 bits per heavy atom. The zero-order valence-corrected chi connectivity index (χ0v) is 15.7. The highest BCUT2D eigenvalue weighted by atomic mass is 16.5. The SMILES string of the molecule is O=C(Nc1cncc(-c2cc3cnn(C4CCCCO4)c3cn2)c1)C1CCC1. The summed E-state index contributed by atoms with van der Waals surface area (Å²) >= 11 is 0. The Morgan fingerprint density at radius 3 is 2.79 bits per heavy atom. The third-order valence-corrected chi connectivity index (χ3v) is 5.69. The van der Waals surface area contributed by atoms with Gasteiger partial charge in [-0.25, -0.2) is 4.68 Å². The van der Waals surface area contributed by atoms with Crippen molar-refractivity contribution in [2.24, 2.45) is 5.92 Å². The van der Waals surface area contributed by atoms with Crippen molar-refractivity contribution in [1.29, 1.82) is 0 Å². The zero-order chi connectivity index (χ0) is 18.9. The van der Waals surface area contributed by atoms with Crippen LogP contribution in [0, 0.1) is 5.92 Å². The van der Waals surface area contributed by atoms with Crippen LogP contribution in [0.3, 0.4) is 0 Å². The fourth-order valence-electron chi connectivity index (χ4n) is 3.81. The summed E-state index contributed by atoms with van der Waals surface area (Å²) < 4.78 is 7.78. The molecule has 0 radical (unpaired) electrons. The lowest BCUT2D eigenvalue weighted by molar-refractivity contribution is -0.122. The first kappa shape index (κ1) is 17.3. The molecular formula is C21H23N5O2. The van der Waals surface area contributed by atoms with Gasteiger partial charge in [0.15, 0.2) is 6.23 Å². The summed E-state index contributed by atoms with van der Waals surface area (Å²) in [5, 5.41) is 8.52. The number of fused-ring (bicyclic) bond motifs is 1. The number of rotatable bonds is 4. The molecule has 1 saturated carbocycles. The van der Waals surface area contributed by atoms with E-state index < -0.39 is 0 Å². The Bertz CT molecular complexity index is 1000. The molecule has 1 N–H and O–H groups in total. The van der Waals surface area contributed by atoms with Crippen LogP contribution in [0.1, 0.15) is 44.8 Å². The predicted molar refractivity (Wildman–Crippen MR) is 106 cm³/mol. The minimum atomic E-state index is -0.00869. The molecule has 144 valence electrons. The normalized spacial score (nSPS) is 20.1. The van der Waals surface area contributed by atoms with Crippen LogP contribution in [0.15, 0.2) is 36.9 Å². The molecule has 1 saturated heterocycles. The molecule has 5 rings (SSSR count). The third-order valence-electron chi connectivity index (χ3n) is 5.69. The predicted octanol–water partition coefficient (Wildman–Crippen LogP) is 3.93. The van der Waals surface area contributed by atoms with E-state index in [1.165, 1.54) is 0 Å². The molecule has 2 aliphatic rings. The maximum Gasteiger partial charge on any atom is 0.227 e.